The second-order valence-electron chi connectivity index (χ2n) is 5.34. The molecular formula is C13H24N2O3. The molecule has 1 fully saturated rings. The van der Waals surface area contributed by atoms with E-state index in [-0.39, 0.29) is 30.3 Å². The highest BCUT2D eigenvalue weighted by molar-refractivity contribution is 5.83. The van der Waals surface area contributed by atoms with Gasteiger partial charge in [-0.3, -0.25) is 9.59 Å². The maximum absolute atomic E-state index is 12.5. The number of rotatable bonds is 5. The fourth-order valence-electron chi connectivity index (χ4n) is 2.69. The third-order valence-corrected chi connectivity index (χ3v) is 3.74. The molecule has 3 N–H and O–H groups in total. The van der Waals surface area contributed by atoms with Crippen LogP contribution in [0.1, 0.15) is 39.5 Å². The average Bonchev–Trinajstić information content (AvgIpc) is 2.34. The van der Waals surface area contributed by atoms with Gasteiger partial charge in [0.25, 0.3) is 0 Å². The Morgan fingerprint density at radius 1 is 1.33 bits per heavy atom. The monoisotopic (exact) mass is 256 g/mol. The van der Waals surface area contributed by atoms with E-state index in [1.165, 1.54) is 4.90 Å². The molecule has 0 heterocycles. The Bertz CT molecular complexity index is 305. The minimum absolute atomic E-state index is 0.0393. The Labute approximate surface area is 108 Å². The molecular weight excluding hydrogens is 232 g/mol. The van der Waals surface area contributed by atoms with Gasteiger partial charge in [0, 0.05) is 12.0 Å². The third-order valence-electron chi connectivity index (χ3n) is 3.74. The van der Waals surface area contributed by atoms with Gasteiger partial charge in [0.15, 0.2) is 0 Å². The van der Waals surface area contributed by atoms with Crippen LogP contribution in [0.4, 0.5) is 0 Å². The predicted molar refractivity (Wildman–Crippen MR) is 69.0 cm³/mol. The summed E-state index contributed by atoms with van der Waals surface area (Å²) in [6, 6.07) is -0.0889. The van der Waals surface area contributed by atoms with Gasteiger partial charge in [0.05, 0.1) is 0 Å². The fraction of sp³-hybridized carbons (Fsp3) is 0.846. The first-order valence-electron chi connectivity index (χ1n) is 6.69. The normalized spacial score (nSPS) is 24.0. The molecule has 5 heteroatoms. The van der Waals surface area contributed by atoms with Crippen molar-refractivity contribution in [2.24, 2.45) is 17.6 Å². The van der Waals surface area contributed by atoms with Gasteiger partial charge in [-0.1, -0.05) is 12.8 Å². The van der Waals surface area contributed by atoms with Crippen LogP contribution < -0.4 is 5.73 Å². The summed E-state index contributed by atoms with van der Waals surface area (Å²) in [6.07, 6.45) is 3.97. The van der Waals surface area contributed by atoms with Crippen molar-refractivity contribution in [1.29, 1.82) is 0 Å². The van der Waals surface area contributed by atoms with Crippen molar-refractivity contribution in [3.63, 3.8) is 0 Å². The van der Waals surface area contributed by atoms with Crippen LogP contribution in [0.15, 0.2) is 0 Å². The quantitative estimate of drug-likeness (QED) is 0.770. The number of carboxylic acid groups (broad SMARTS) is 1. The van der Waals surface area contributed by atoms with Gasteiger partial charge >= 0.3 is 5.97 Å². The number of hydrogen-bond acceptors (Lipinski definition) is 3. The third kappa shape index (κ3) is 3.70. The van der Waals surface area contributed by atoms with E-state index in [1.807, 2.05) is 13.8 Å². The fourth-order valence-corrected chi connectivity index (χ4v) is 2.69. The molecule has 0 spiro atoms. The molecule has 0 aromatic carbocycles. The van der Waals surface area contributed by atoms with Crippen LogP contribution in [0.25, 0.3) is 0 Å². The number of nitrogens with zero attached hydrogens (tertiary/aromatic N) is 1. The van der Waals surface area contributed by atoms with Crippen molar-refractivity contribution in [3.8, 4) is 0 Å². The first-order valence-corrected chi connectivity index (χ1v) is 6.69. The van der Waals surface area contributed by atoms with E-state index in [2.05, 4.69) is 0 Å². The lowest BCUT2D eigenvalue weighted by Crippen LogP contribution is -2.47. The van der Waals surface area contributed by atoms with Crippen molar-refractivity contribution in [1.82, 2.24) is 4.90 Å². The minimum atomic E-state index is -0.961. The van der Waals surface area contributed by atoms with Crippen LogP contribution in [0.5, 0.6) is 0 Å². The number of nitrogens with two attached hydrogens (primary N) is 1. The molecule has 0 aromatic rings. The van der Waals surface area contributed by atoms with E-state index >= 15 is 0 Å². The maximum Gasteiger partial charge on any atom is 0.323 e. The van der Waals surface area contributed by atoms with Crippen LogP contribution in [0, 0.1) is 11.8 Å². The summed E-state index contributed by atoms with van der Waals surface area (Å²) in [5, 5.41) is 8.88. The van der Waals surface area contributed by atoms with Crippen LogP contribution >= 0.6 is 0 Å². The molecule has 1 amide bonds. The van der Waals surface area contributed by atoms with Gasteiger partial charge in [-0.15, -0.1) is 0 Å². The van der Waals surface area contributed by atoms with Crippen LogP contribution in [0.3, 0.4) is 0 Å². The van der Waals surface area contributed by atoms with E-state index in [0.29, 0.717) is 6.54 Å². The van der Waals surface area contributed by atoms with Crippen molar-refractivity contribution < 1.29 is 14.7 Å². The molecule has 0 saturated heterocycles. The SMILES string of the molecule is CC(C)N(CC(=O)O)C(=O)C1CCCCC1CN. The Hall–Kier alpha value is -1.10. The number of carbonyl (C=O) groups is 2. The lowest BCUT2D eigenvalue weighted by molar-refractivity contribution is -0.149. The van der Waals surface area contributed by atoms with Gasteiger partial charge < -0.3 is 15.7 Å². The minimum Gasteiger partial charge on any atom is -0.480 e. The summed E-state index contributed by atoms with van der Waals surface area (Å²) in [6.45, 7) is 3.99. The molecule has 0 bridgehead atoms. The van der Waals surface area contributed by atoms with Crippen LogP contribution in [-0.4, -0.2) is 41.0 Å². The first-order chi connectivity index (χ1) is 8.47. The zero-order valence-corrected chi connectivity index (χ0v) is 11.3. The Morgan fingerprint density at radius 3 is 2.44 bits per heavy atom. The molecule has 1 aliphatic rings. The Morgan fingerprint density at radius 2 is 1.94 bits per heavy atom. The van der Waals surface area contributed by atoms with Crippen LogP contribution in [0.2, 0.25) is 0 Å². The van der Waals surface area contributed by atoms with E-state index < -0.39 is 5.97 Å². The molecule has 0 aliphatic heterocycles. The second-order valence-corrected chi connectivity index (χ2v) is 5.34. The Balaban J connectivity index is 2.77. The summed E-state index contributed by atoms with van der Waals surface area (Å²) in [7, 11) is 0. The lowest BCUT2D eigenvalue weighted by atomic mass is 9.78. The number of aliphatic carboxylic acids is 1. The highest BCUT2D eigenvalue weighted by atomic mass is 16.4. The topological polar surface area (TPSA) is 83.6 Å². The van der Waals surface area contributed by atoms with E-state index in [4.69, 9.17) is 10.8 Å². The van der Waals surface area contributed by atoms with Gasteiger partial charge in [0.1, 0.15) is 6.54 Å². The van der Waals surface area contributed by atoms with Gasteiger partial charge in [-0.2, -0.15) is 0 Å². The summed E-state index contributed by atoms with van der Waals surface area (Å²) in [4.78, 5) is 24.7. The summed E-state index contributed by atoms with van der Waals surface area (Å²) < 4.78 is 0. The smallest absolute Gasteiger partial charge is 0.323 e. The van der Waals surface area contributed by atoms with Crippen LogP contribution in [-0.2, 0) is 9.59 Å². The van der Waals surface area contributed by atoms with E-state index in [9.17, 15) is 9.59 Å². The van der Waals surface area contributed by atoms with Gasteiger partial charge in [0.2, 0.25) is 5.91 Å². The first kappa shape index (κ1) is 15.0. The summed E-state index contributed by atoms with van der Waals surface area (Å²) in [5.41, 5.74) is 5.72. The summed E-state index contributed by atoms with van der Waals surface area (Å²) >= 11 is 0. The molecule has 18 heavy (non-hydrogen) atoms. The van der Waals surface area contributed by atoms with Crippen molar-refractivity contribution in [2.75, 3.05) is 13.1 Å². The molecule has 5 nitrogen and oxygen atoms in total. The highest BCUT2D eigenvalue weighted by Crippen LogP contribution is 2.31. The molecule has 0 aromatic heterocycles. The number of carbonyl (C=O) groups excluding carboxylic acids is 1. The van der Waals surface area contributed by atoms with Crippen molar-refractivity contribution in [2.45, 2.75) is 45.6 Å². The molecule has 2 atom stereocenters. The average molecular weight is 256 g/mol. The molecule has 0 radical (unpaired) electrons. The maximum atomic E-state index is 12.5. The number of hydrogen-bond donors (Lipinski definition) is 2. The molecule has 104 valence electrons. The number of amides is 1. The Kier molecular flexibility index (Phi) is 5.59. The second kappa shape index (κ2) is 6.73. The van der Waals surface area contributed by atoms with E-state index in [1.54, 1.807) is 0 Å². The predicted octanol–water partition coefficient (Wildman–Crippen LogP) is 1.07. The van der Waals surface area contributed by atoms with Gasteiger partial charge in [-0.25, -0.2) is 0 Å². The molecule has 1 rings (SSSR count). The standard InChI is InChI=1S/C13H24N2O3/c1-9(2)15(8-12(16)17)13(18)11-6-4-3-5-10(11)7-14/h9-11H,3-8,14H2,1-2H3,(H,16,17). The van der Waals surface area contributed by atoms with Gasteiger partial charge in [-0.05, 0) is 39.2 Å². The van der Waals surface area contributed by atoms with Crippen molar-refractivity contribution >= 4 is 11.9 Å². The zero-order valence-electron chi connectivity index (χ0n) is 11.3. The zero-order chi connectivity index (χ0) is 13.7. The molecule has 2 unspecified atom stereocenters. The summed E-state index contributed by atoms with van der Waals surface area (Å²) in [5.74, 6) is -0.883. The largest absolute Gasteiger partial charge is 0.480 e. The lowest BCUT2D eigenvalue weighted by Gasteiger charge is -2.35. The number of carboxylic acids is 1. The van der Waals surface area contributed by atoms with Crippen molar-refractivity contribution in [3.05, 3.63) is 0 Å². The van der Waals surface area contributed by atoms with E-state index in [0.717, 1.165) is 25.7 Å². The molecule has 1 saturated carbocycles. The highest BCUT2D eigenvalue weighted by Gasteiger charge is 2.34. The molecule has 1 aliphatic carbocycles.